The van der Waals surface area contributed by atoms with Gasteiger partial charge in [0.1, 0.15) is 6.54 Å². The van der Waals surface area contributed by atoms with E-state index in [0.717, 1.165) is 10.1 Å². The highest BCUT2D eigenvalue weighted by Gasteiger charge is 2.20. The Hall–Kier alpha value is -4.53. The number of carbonyl (C=O) groups is 1. The van der Waals surface area contributed by atoms with Crippen LogP contribution in [0.2, 0.25) is 0 Å². The van der Waals surface area contributed by atoms with Gasteiger partial charge in [-0.15, -0.1) is 0 Å². The number of nitrogens with zero attached hydrogens (tertiary/aromatic N) is 2. The number of aromatic nitrogens is 2. The second-order valence-corrected chi connectivity index (χ2v) is 8.73. The predicted molar refractivity (Wildman–Crippen MR) is 143 cm³/mol. The Bertz CT molecular complexity index is 1540. The van der Waals surface area contributed by atoms with Crippen LogP contribution in [0.5, 0.6) is 17.2 Å². The lowest BCUT2D eigenvalue weighted by Gasteiger charge is -2.17. The average Bonchev–Trinajstić information content (AvgIpc) is 2.90. The van der Waals surface area contributed by atoms with Gasteiger partial charge in [0.15, 0.2) is 11.5 Å². The minimum atomic E-state index is -0.678. The molecule has 0 fully saturated rings. The Balaban J connectivity index is 1.82. The molecule has 0 bridgehead atoms. The Labute approximate surface area is 213 Å². The van der Waals surface area contributed by atoms with Crippen LogP contribution >= 0.6 is 0 Å². The van der Waals surface area contributed by atoms with Crippen molar-refractivity contribution >= 4 is 22.5 Å². The molecule has 9 heteroatoms. The summed E-state index contributed by atoms with van der Waals surface area (Å²) in [5.41, 5.74) is 1.13. The first-order valence-corrected chi connectivity index (χ1v) is 11.7. The molecule has 3 aromatic carbocycles. The van der Waals surface area contributed by atoms with Gasteiger partial charge in [-0.2, -0.15) is 0 Å². The van der Waals surface area contributed by atoms with E-state index in [0.29, 0.717) is 22.9 Å². The van der Waals surface area contributed by atoms with Crippen molar-refractivity contribution in [2.45, 2.75) is 26.3 Å². The van der Waals surface area contributed by atoms with E-state index in [1.165, 1.54) is 38.0 Å². The number of benzene rings is 3. The van der Waals surface area contributed by atoms with Gasteiger partial charge in [-0.25, -0.2) is 9.36 Å². The van der Waals surface area contributed by atoms with Gasteiger partial charge in [0.05, 0.1) is 37.9 Å². The third-order valence-electron chi connectivity index (χ3n) is 6.12. The summed E-state index contributed by atoms with van der Waals surface area (Å²) in [6.07, 6.45) is 0. The molecule has 4 rings (SSSR count). The van der Waals surface area contributed by atoms with E-state index >= 15 is 0 Å². The normalized spacial score (nSPS) is 11.0. The molecular formula is C28H29N3O6. The zero-order chi connectivity index (χ0) is 26.7. The van der Waals surface area contributed by atoms with Crippen molar-refractivity contribution in [2.24, 2.45) is 0 Å². The summed E-state index contributed by atoms with van der Waals surface area (Å²) in [5, 5.41) is 3.11. The zero-order valence-corrected chi connectivity index (χ0v) is 21.4. The van der Waals surface area contributed by atoms with Crippen molar-refractivity contribution in [1.29, 1.82) is 0 Å². The SMILES string of the molecule is COc1cc(-n2c(=O)c3ccccc3n(CC(=O)Nc3ccc(C(C)C)cc3)c2=O)cc(OC)c1OC. The molecule has 0 saturated carbocycles. The van der Waals surface area contributed by atoms with Crippen molar-refractivity contribution in [3.8, 4) is 22.9 Å². The summed E-state index contributed by atoms with van der Waals surface area (Å²) < 4.78 is 18.4. The van der Waals surface area contributed by atoms with E-state index in [4.69, 9.17) is 14.2 Å². The highest BCUT2D eigenvalue weighted by atomic mass is 16.5. The monoisotopic (exact) mass is 503 g/mol. The second-order valence-electron chi connectivity index (χ2n) is 8.73. The molecule has 0 radical (unpaired) electrons. The summed E-state index contributed by atoms with van der Waals surface area (Å²) >= 11 is 0. The highest BCUT2D eigenvalue weighted by Crippen LogP contribution is 2.38. The van der Waals surface area contributed by atoms with E-state index < -0.39 is 17.2 Å². The van der Waals surface area contributed by atoms with Crippen LogP contribution in [0.3, 0.4) is 0 Å². The molecule has 0 atom stereocenters. The standard InChI is InChI=1S/C28H29N3O6/c1-17(2)18-10-12-19(13-11-18)29-25(32)16-30-22-9-7-6-8-21(22)27(33)31(28(30)34)20-14-23(35-3)26(37-5)24(15-20)36-4/h6-15,17H,16H2,1-5H3,(H,29,32). The number of fused-ring (bicyclic) bond motifs is 1. The Morgan fingerprint density at radius 1 is 0.892 bits per heavy atom. The highest BCUT2D eigenvalue weighted by molar-refractivity contribution is 5.91. The number of para-hydroxylation sites is 1. The summed E-state index contributed by atoms with van der Waals surface area (Å²) in [6, 6.07) is 17.2. The maximum atomic E-state index is 13.7. The molecule has 9 nitrogen and oxygen atoms in total. The lowest BCUT2D eigenvalue weighted by molar-refractivity contribution is -0.116. The molecule has 1 N–H and O–H groups in total. The minimum Gasteiger partial charge on any atom is -0.493 e. The van der Waals surface area contributed by atoms with Gasteiger partial charge in [0.25, 0.3) is 5.56 Å². The van der Waals surface area contributed by atoms with Crippen LogP contribution in [-0.2, 0) is 11.3 Å². The summed E-state index contributed by atoms with van der Waals surface area (Å²) in [5.74, 6) is 0.854. The van der Waals surface area contributed by atoms with Gasteiger partial charge in [-0.05, 0) is 35.7 Å². The largest absolute Gasteiger partial charge is 0.493 e. The van der Waals surface area contributed by atoms with Crippen molar-refractivity contribution in [1.82, 2.24) is 9.13 Å². The molecule has 0 saturated heterocycles. The van der Waals surface area contributed by atoms with Gasteiger partial charge in [0.2, 0.25) is 11.7 Å². The molecule has 0 unspecified atom stereocenters. The first kappa shape index (κ1) is 25.6. The number of methoxy groups -OCH3 is 3. The Morgan fingerprint density at radius 2 is 1.51 bits per heavy atom. The third kappa shape index (κ3) is 4.93. The number of nitrogens with one attached hydrogen (secondary N) is 1. The fourth-order valence-corrected chi connectivity index (χ4v) is 4.19. The molecule has 0 aliphatic carbocycles. The van der Waals surface area contributed by atoms with Crippen LogP contribution in [-0.4, -0.2) is 36.4 Å². The molecule has 1 amide bonds. The van der Waals surface area contributed by atoms with Gasteiger partial charge >= 0.3 is 5.69 Å². The van der Waals surface area contributed by atoms with Crippen molar-refractivity contribution < 1.29 is 19.0 Å². The number of anilines is 1. The molecule has 4 aromatic rings. The van der Waals surface area contributed by atoms with Gasteiger partial charge in [0, 0.05) is 17.8 Å². The number of carbonyl (C=O) groups excluding carboxylic acids is 1. The van der Waals surface area contributed by atoms with E-state index in [-0.39, 0.29) is 29.1 Å². The van der Waals surface area contributed by atoms with Crippen LogP contribution in [0, 0.1) is 0 Å². The number of hydrogen-bond acceptors (Lipinski definition) is 6. The Morgan fingerprint density at radius 3 is 2.08 bits per heavy atom. The minimum absolute atomic E-state index is 0.216. The second kappa shape index (κ2) is 10.6. The van der Waals surface area contributed by atoms with Crippen molar-refractivity contribution in [2.75, 3.05) is 26.6 Å². The first-order valence-electron chi connectivity index (χ1n) is 11.7. The molecule has 0 aliphatic heterocycles. The van der Waals surface area contributed by atoms with Crippen LogP contribution in [0.15, 0.2) is 70.3 Å². The summed E-state index contributed by atoms with van der Waals surface area (Å²) in [6.45, 7) is 3.89. The molecule has 1 heterocycles. The molecule has 0 aliphatic rings. The fourth-order valence-electron chi connectivity index (χ4n) is 4.19. The molecule has 192 valence electrons. The smallest absolute Gasteiger partial charge is 0.336 e. The van der Waals surface area contributed by atoms with Crippen molar-refractivity contribution in [3.05, 3.63) is 87.1 Å². The van der Waals surface area contributed by atoms with Crippen LogP contribution in [0.25, 0.3) is 16.6 Å². The zero-order valence-electron chi connectivity index (χ0n) is 21.4. The molecular weight excluding hydrogens is 474 g/mol. The predicted octanol–water partition coefficient (Wildman–Crippen LogP) is 3.94. The van der Waals surface area contributed by atoms with E-state index in [2.05, 4.69) is 19.2 Å². The maximum absolute atomic E-state index is 13.7. The fraction of sp³-hybridized carbons (Fsp3) is 0.250. The number of ether oxygens (including phenoxy) is 3. The van der Waals surface area contributed by atoms with Crippen LogP contribution < -0.4 is 30.8 Å². The summed E-state index contributed by atoms with van der Waals surface area (Å²) in [7, 11) is 4.35. The van der Waals surface area contributed by atoms with Crippen LogP contribution in [0.4, 0.5) is 5.69 Å². The summed E-state index contributed by atoms with van der Waals surface area (Å²) in [4.78, 5) is 40.2. The van der Waals surface area contributed by atoms with E-state index in [1.807, 2.05) is 24.3 Å². The molecule has 1 aromatic heterocycles. The topological polar surface area (TPSA) is 101 Å². The van der Waals surface area contributed by atoms with E-state index in [1.54, 1.807) is 24.3 Å². The third-order valence-corrected chi connectivity index (χ3v) is 6.12. The van der Waals surface area contributed by atoms with Crippen LogP contribution in [0.1, 0.15) is 25.3 Å². The number of hydrogen-bond donors (Lipinski definition) is 1. The van der Waals surface area contributed by atoms with Gasteiger partial charge in [-0.1, -0.05) is 38.1 Å². The number of rotatable bonds is 8. The maximum Gasteiger partial charge on any atom is 0.336 e. The van der Waals surface area contributed by atoms with Gasteiger partial charge < -0.3 is 19.5 Å². The average molecular weight is 504 g/mol. The van der Waals surface area contributed by atoms with E-state index in [9.17, 15) is 14.4 Å². The Kier molecular flexibility index (Phi) is 7.33. The molecule has 37 heavy (non-hydrogen) atoms. The van der Waals surface area contributed by atoms with Crippen molar-refractivity contribution in [3.63, 3.8) is 0 Å². The lowest BCUT2D eigenvalue weighted by atomic mass is 10.0. The molecule has 0 spiro atoms. The lowest BCUT2D eigenvalue weighted by Crippen LogP contribution is -2.40. The number of amides is 1. The quantitative estimate of drug-likeness (QED) is 0.391. The van der Waals surface area contributed by atoms with Gasteiger partial charge in [-0.3, -0.25) is 14.2 Å². The first-order chi connectivity index (χ1) is 17.8.